The molecule has 8 heteroatoms. The Kier molecular flexibility index (Phi) is 7.77. The topological polar surface area (TPSA) is 77.0 Å². The van der Waals surface area contributed by atoms with Crippen LogP contribution >= 0.6 is 11.6 Å². The first-order valence-corrected chi connectivity index (χ1v) is 11.6. The average Bonchev–Trinajstić information content (AvgIpc) is 2.64. The molecule has 0 atom stereocenters. The lowest BCUT2D eigenvalue weighted by Gasteiger charge is -2.20. The first-order valence-electron chi connectivity index (χ1n) is 9.74. The molecule has 6 nitrogen and oxygen atoms in total. The van der Waals surface area contributed by atoms with Crippen molar-refractivity contribution in [2.24, 2.45) is 5.10 Å². The molecule has 0 heterocycles. The molecule has 0 aliphatic heterocycles. The highest BCUT2D eigenvalue weighted by Gasteiger charge is 2.21. The maximum absolute atomic E-state index is 12.8. The molecular weight excluding hydrogens is 424 g/mol. The number of benzene rings is 2. The summed E-state index contributed by atoms with van der Waals surface area (Å²) in [5.41, 5.74) is 1.98. The maximum atomic E-state index is 12.8. The largest absolute Gasteiger partial charge is 0.490 e. The summed E-state index contributed by atoms with van der Waals surface area (Å²) in [4.78, 5) is 2.48. The molecule has 0 aliphatic carbocycles. The van der Waals surface area contributed by atoms with Gasteiger partial charge in [0.2, 0.25) is 0 Å². The Morgan fingerprint density at radius 2 is 1.77 bits per heavy atom. The fourth-order valence-corrected chi connectivity index (χ4v) is 4.12. The summed E-state index contributed by atoms with van der Waals surface area (Å²) in [6.45, 7) is 12.4. The highest BCUT2D eigenvalue weighted by Crippen LogP contribution is 2.36. The Morgan fingerprint density at radius 3 is 2.37 bits per heavy atom. The number of rotatable bonds is 8. The van der Waals surface area contributed by atoms with Crippen molar-refractivity contribution in [1.29, 1.82) is 0 Å². The van der Waals surface area contributed by atoms with Crippen LogP contribution in [0, 0.1) is 6.92 Å². The van der Waals surface area contributed by atoms with Gasteiger partial charge in [0, 0.05) is 0 Å². The summed E-state index contributed by atoms with van der Waals surface area (Å²) in [6.07, 6.45) is 1.38. The Morgan fingerprint density at radius 1 is 1.10 bits per heavy atom. The van der Waals surface area contributed by atoms with Gasteiger partial charge in [-0.25, -0.2) is 4.83 Å². The standard InChI is InChI=1S/C22H29ClN2O4S/c1-7-28-19-12-16(11-18(23)21(19)29-8-2)14-24-25-30(26,27)20-13-17(22(4,5)6)10-9-15(20)3/h9-14,25H,7-8H2,1-6H3/b24-14+. The van der Waals surface area contributed by atoms with Gasteiger partial charge < -0.3 is 9.47 Å². The molecule has 2 rings (SSSR count). The van der Waals surface area contributed by atoms with Crippen molar-refractivity contribution in [3.8, 4) is 11.5 Å². The third-order valence-electron chi connectivity index (χ3n) is 4.35. The van der Waals surface area contributed by atoms with Gasteiger partial charge in [-0.05, 0) is 61.1 Å². The Bertz CT molecular complexity index is 1030. The van der Waals surface area contributed by atoms with Crippen LogP contribution in [0.15, 0.2) is 40.3 Å². The molecule has 0 bridgehead atoms. The number of halogens is 1. The summed E-state index contributed by atoms with van der Waals surface area (Å²) in [7, 11) is -3.83. The molecule has 0 unspecified atom stereocenters. The quantitative estimate of drug-likeness (QED) is 0.448. The van der Waals surface area contributed by atoms with Crippen LogP contribution in [-0.4, -0.2) is 27.8 Å². The second-order valence-corrected chi connectivity index (χ2v) is 9.82. The van der Waals surface area contributed by atoms with Gasteiger partial charge in [-0.1, -0.05) is 44.5 Å². The monoisotopic (exact) mass is 452 g/mol. The van der Waals surface area contributed by atoms with Crippen LogP contribution in [0.3, 0.4) is 0 Å². The molecule has 2 aromatic carbocycles. The summed E-state index contributed by atoms with van der Waals surface area (Å²) in [5, 5.41) is 4.28. The van der Waals surface area contributed by atoms with Crippen molar-refractivity contribution >= 4 is 27.8 Å². The molecule has 30 heavy (non-hydrogen) atoms. The van der Waals surface area contributed by atoms with E-state index in [1.54, 1.807) is 31.2 Å². The minimum atomic E-state index is -3.83. The van der Waals surface area contributed by atoms with Gasteiger partial charge in [0.15, 0.2) is 11.5 Å². The predicted octanol–water partition coefficient (Wildman–Crippen LogP) is 5.06. The van der Waals surface area contributed by atoms with Crippen LogP contribution in [0.4, 0.5) is 0 Å². The molecule has 0 radical (unpaired) electrons. The first kappa shape index (κ1) is 24.0. The molecule has 0 amide bonds. The van der Waals surface area contributed by atoms with Crippen LogP contribution in [0.5, 0.6) is 11.5 Å². The zero-order valence-corrected chi connectivity index (χ0v) is 19.8. The third kappa shape index (κ3) is 5.89. The summed E-state index contributed by atoms with van der Waals surface area (Å²) in [6, 6.07) is 8.77. The predicted molar refractivity (Wildman–Crippen MR) is 122 cm³/mol. The van der Waals surface area contributed by atoms with Gasteiger partial charge >= 0.3 is 0 Å². The number of sulfonamides is 1. The van der Waals surface area contributed by atoms with Crippen molar-refractivity contribution in [3.63, 3.8) is 0 Å². The SMILES string of the molecule is CCOc1cc(/C=N/NS(=O)(=O)c2cc(C(C)(C)C)ccc2C)cc(Cl)c1OCC. The molecule has 0 aliphatic rings. The summed E-state index contributed by atoms with van der Waals surface area (Å²) in [5.74, 6) is 0.929. The number of aryl methyl sites for hydroxylation is 1. The molecule has 1 N–H and O–H groups in total. The van der Waals surface area contributed by atoms with Gasteiger partial charge in [0.1, 0.15) is 0 Å². The van der Waals surface area contributed by atoms with Crippen molar-refractivity contribution in [2.75, 3.05) is 13.2 Å². The van der Waals surface area contributed by atoms with E-state index in [-0.39, 0.29) is 10.3 Å². The normalized spacial score (nSPS) is 12.2. The molecule has 0 spiro atoms. The van der Waals surface area contributed by atoms with Crippen molar-refractivity contribution in [3.05, 3.63) is 52.0 Å². The smallest absolute Gasteiger partial charge is 0.276 e. The third-order valence-corrected chi connectivity index (χ3v) is 6.00. The lowest BCUT2D eigenvalue weighted by atomic mass is 9.87. The molecule has 0 saturated heterocycles. The highest BCUT2D eigenvalue weighted by molar-refractivity contribution is 7.89. The Labute approximate surface area is 184 Å². The number of ether oxygens (including phenoxy) is 2. The maximum Gasteiger partial charge on any atom is 0.276 e. The fraction of sp³-hybridized carbons (Fsp3) is 0.409. The summed E-state index contributed by atoms with van der Waals surface area (Å²) >= 11 is 6.29. The lowest BCUT2D eigenvalue weighted by molar-refractivity contribution is 0.288. The van der Waals surface area contributed by atoms with E-state index in [1.807, 2.05) is 40.7 Å². The number of hydrogen-bond donors (Lipinski definition) is 1. The van der Waals surface area contributed by atoms with Crippen LogP contribution in [0.25, 0.3) is 0 Å². The van der Waals surface area contributed by atoms with E-state index in [0.29, 0.717) is 40.9 Å². The molecule has 2 aromatic rings. The molecular formula is C22H29ClN2O4S. The van der Waals surface area contributed by atoms with Crippen LogP contribution in [0.1, 0.15) is 51.3 Å². The number of hydrazone groups is 1. The minimum Gasteiger partial charge on any atom is -0.490 e. The van der Waals surface area contributed by atoms with Crippen molar-refractivity contribution in [1.82, 2.24) is 4.83 Å². The van der Waals surface area contributed by atoms with E-state index < -0.39 is 10.0 Å². The van der Waals surface area contributed by atoms with Gasteiger partial charge in [0.25, 0.3) is 10.0 Å². The molecule has 0 fully saturated rings. The molecule has 164 valence electrons. The number of nitrogens with zero attached hydrogens (tertiary/aromatic N) is 1. The van der Waals surface area contributed by atoms with E-state index >= 15 is 0 Å². The van der Waals surface area contributed by atoms with Crippen molar-refractivity contribution in [2.45, 2.75) is 51.9 Å². The van der Waals surface area contributed by atoms with Crippen LogP contribution in [0.2, 0.25) is 5.02 Å². The van der Waals surface area contributed by atoms with E-state index in [4.69, 9.17) is 21.1 Å². The lowest BCUT2D eigenvalue weighted by Crippen LogP contribution is -2.21. The zero-order valence-electron chi connectivity index (χ0n) is 18.2. The van der Waals surface area contributed by atoms with Gasteiger partial charge in [0.05, 0.1) is 29.3 Å². The van der Waals surface area contributed by atoms with Crippen LogP contribution in [-0.2, 0) is 15.4 Å². The zero-order chi connectivity index (χ0) is 22.5. The van der Waals surface area contributed by atoms with E-state index in [0.717, 1.165) is 5.56 Å². The van der Waals surface area contributed by atoms with Gasteiger partial charge in [-0.2, -0.15) is 13.5 Å². The second-order valence-electron chi connectivity index (χ2n) is 7.78. The number of hydrogen-bond acceptors (Lipinski definition) is 5. The Balaban J connectivity index is 2.30. The average molecular weight is 453 g/mol. The van der Waals surface area contributed by atoms with E-state index in [9.17, 15) is 8.42 Å². The van der Waals surface area contributed by atoms with Gasteiger partial charge in [-0.3, -0.25) is 0 Å². The Hall–Kier alpha value is -2.25. The van der Waals surface area contributed by atoms with E-state index in [1.165, 1.54) is 6.21 Å². The van der Waals surface area contributed by atoms with Gasteiger partial charge in [-0.15, -0.1) is 0 Å². The first-order chi connectivity index (χ1) is 14.0. The second kappa shape index (κ2) is 9.71. The fourth-order valence-electron chi connectivity index (χ4n) is 2.79. The molecule has 0 aromatic heterocycles. The summed E-state index contributed by atoms with van der Waals surface area (Å²) < 4.78 is 36.7. The minimum absolute atomic E-state index is 0.171. The van der Waals surface area contributed by atoms with Crippen molar-refractivity contribution < 1.29 is 17.9 Å². The van der Waals surface area contributed by atoms with Crippen LogP contribution < -0.4 is 14.3 Å². The number of nitrogens with one attached hydrogen (secondary N) is 1. The molecule has 0 saturated carbocycles. The highest BCUT2D eigenvalue weighted by atomic mass is 35.5. The van der Waals surface area contributed by atoms with E-state index in [2.05, 4.69) is 9.93 Å².